The maximum absolute atomic E-state index is 12.6. The monoisotopic (exact) mass is 290 g/mol. The van der Waals surface area contributed by atoms with Gasteiger partial charge >= 0.3 is 0 Å². The smallest absolute Gasteiger partial charge is 0.214 e. The molecule has 0 aliphatic carbocycles. The van der Waals surface area contributed by atoms with E-state index >= 15 is 0 Å². The topological polar surface area (TPSA) is 49.4 Å². The van der Waals surface area contributed by atoms with Crippen molar-refractivity contribution < 1.29 is 8.42 Å². The summed E-state index contributed by atoms with van der Waals surface area (Å²) in [5.74, 6) is 1.33. The molecule has 1 rings (SSSR count). The van der Waals surface area contributed by atoms with Crippen molar-refractivity contribution in [2.75, 3.05) is 31.9 Å². The van der Waals surface area contributed by atoms with Crippen LogP contribution in [-0.4, -0.2) is 44.7 Å². The fourth-order valence-electron chi connectivity index (χ4n) is 2.59. The van der Waals surface area contributed by atoms with Crippen molar-refractivity contribution in [1.29, 1.82) is 0 Å². The number of sulfonamides is 1. The molecule has 1 fully saturated rings. The average molecular weight is 290 g/mol. The van der Waals surface area contributed by atoms with Gasteiger partial charge in [0, 0.05) is 13.1 Å². The van der Waals surface area contributed by atoms with Crippen molar-refractivity contribution in [3.63, 3.8) is 0 Å². The molecule has 0 aromatic carbocycles. The maximum Gasteiger partial charge on any atom is 0.214 e. The zero-order valence-electron chi connectivity index (χ0n) is 12.9. The van der Waals surface area contributed by atoms with Crippen LogP contribution in [0.2, 0.25) is 0 Å². The van der Waals surface area contributed by atoms with Crippen LogP contribution in [0.25, 0.3) is 0 Å². The van der Waals surface area contributed by atoms with Gasteiger partial charge in [0.25, 0.3) is 0 Å². The third-order valence-electron chi connectivity index (χ3n) is 3.38. The first-order valence-corrected chi connectivity index (χ1v) is 9.10. The highest BCUT2D eigenvalue weighted by molar-refractivity contribution is 7.89. The summed E-state index contributed by atoms with van der Waals surface area (Å²) in [6, 6.07) is 0. The fraction of sp³-hybridized carbons (Fsp3) is 1.00. The van der Waals surface area contributed by atoms with Crippen LogP contribution in [0.1, 0.15) is 40.5 Å². The quantitative estimate of drug-likeness (QED) is 0.779. The third kappa shape index (κ3) is 6.23. The number of rotatable bonds is 7. The Hall–Kier alpha value is -0.130. The Bertz CT molecular complexity index is 336. The van der Waals surface area contributed by atoms with E-state index in [9.17, 15) is 8.42 Å². The minimum absolute atomic E-state index is 0.278. The van der Waals surface area contributed by atoms with E-state index in [-0.39, 0.29) is 5.92 Å². The first kappa shape index (κ1) is 16.9. The molecule has 0 bridgehead atoms. The molecule has 0 amide bonds. The van der Waals surface area contributed by atoms with E-state index in [4.69, 9.17) is 0 Å². The number of hydrogen-bond donors (Lipinski definition) is 1. The first-order valence-electron chi connectivity index (χ1n) is 7.49. The Morgan fingerprint density at radius 3 is 2.16 bits per heavy atom. The van der Waals surface area contributed by atoms with E-state index in [1.54, 1.807) is 4.31 Å². The highest BCUT2D eigenvalue weighted by atomic mass is 32.2. The molecule has 0 spiro atoms. The van der Waals surface area contributed by atoms with Crippen LogP contribution in [-0.2, 0) is 10.0 Å². The minimum Gasteiger partial charge on any atom is -0.316 e. The molecule has 19 heavy (non-hydrogen) atoms. The van der Waals surface area contributed by atoms with E-state index in [0.717, 1.165) is 25.9 Å². The van der Waals surface area contributed by atoms with Crippen LogP contribution in [0.5, 0.6) is 0 Å². The molecule has 1 atom stereocenters. The van der Waals surface area contributed by atoms with Crippen LogP contribution in [0.4, 0.5) is 0 Å². The third-order valence-corrected chi connectivity index (χ3v) is 5.35. The summed E-state index contributed by atoms with van der Waals surface area (Å²) in [7, 11) is -3.12. The second-order valence-electron chi connectivity index (χ2n) is 6.60. The van der Waals surface area contributed by atoms with Gasteiger partial charge in [0.15, 0.2) is 0 Å². The van der Waals surface area contributed by atoms with E-state index in [1.807, 2.05) is 0 Å². The number of hydrogen-bond acceptors (Lipinski definition) is 3. The summed E-state index contributed by atoms with van der Waals surface area (Å²) >= 11 is 0. The minimum atomic E-state index is -3.12. The number of nitrogens with zero attached hydrogens (tertiary/aromatic N) is 1. The fourth-order valence-corrected chi connectivity index (χ4v) is 4.73. The number of piperidine rings is 1. The highest BCUT2D eigenvalue weighted by Crippen LogP contribution is 2.17. The standard InChI is InChI=1S/C14H30N2O2S/c1-12(2)9-16(10-13(3)4)19(17,18)11-14-6-5-7-15-8-14/h12-15H,5-11H2,1-4H3. The van der Waals surface area contributed by atoms with Gasteiger partial charge in [0.2, 0.25) is 10.0 Å². The lowest BCUT2D eigenvalue weighted by Gasteiger charge is -2.29. The lowest BCUT2D eigenvalue weighted by atomic mass is 10.0. The van der Waals surface area contributed by atoms with Gasteiger partial charge in [-0.15, -0.1) is 0 Å². The van der Waals surface area contributed by atoms with Crippen LogP contribution in [0, 0.1) is 17.8 Å². The van der Waals surface area contributed by atoms with Crippen LogP contribution in [0.15, 0.2) is 0 Å². The van der Waals surface area contributed by atoms with Gasteiger partial charge in [0.1, 0.15) is 0 Å². The molecular formula is C14H30N2O2S. The van der Waals surface area contributed by atoms with Crippen molar-refractivity contribution in [3.05, 3.63) is 0 Å². The van der Waals surface area contributed by atoms with E-state index in [2.05, 4.69) is 33.0 Å². The average Bonchev–Trinajstić information content (AvgIpc) is 2.27. The molecule has 5 heteroatoms. The maximum atomic E-state index is 12.6. The van der Waals surface area contributed by atoms with Crippen molar-refractivity contribution in [1.82, 2.24) is 9.62 Å². The molecule has 4 nitrogen and oxygen atoms in total. The van der Waals surface area contributed by atoms with Gasteiger partial charge in [0.05, 0.1) is 5.75 Å². The zero-order chi connectivity index (χ0) is 14.5. The molecule has 114 valence electrons. The van der Waals surface area contributed by atoms with E-state index < -0.39 is 10.0 Å². The molecule has 1 aliphatic rings. The number of nitrogens with one attached hydrogen (secondary N) is 1. The summed E-state index contributed by atoms with van der Waals surface area (Å²) in [5.41, 5.74) is 0. The normalized spacial score (nSPS) is 21.5. The molecule has 0 saturated carbocycles. The lowest BCUT2D eigenvalue weighted by molar-refractivity contribution is 0.325. The van der Waals surface area contributed by atoms with Gasteiger partial charge in [-0.25, -0.2) is 12.7 Å². The Balaban J connectivity index is 2.67. The molecule has 0 radical (unpaired) electrons. The Labute approximate surface area is 119 Å². The van der Waals surface area contributed by atoms with Gasteiger partial charge in [-0.2, -0.15) is 0 Å². The molecule has 1 unspecified atom stereocenters. The zero-order valence-corrected chi connectivity index (χ0v) is 13.7. The second kappa shape index (κ2) is 7.60. The van der Waals surface area contributed by atoms with Gasteiger partial charge < -0.3 is 5.32 Å². The van der Waals surface area contributed by atoms with Crippen molar-refractivity contribution in [2.24, 2.45) is 17.8 Å². The summed E-state index contributed by atoms with van der Waals surface area (Å²) in [5, 5.41) is 3.29. The van der Waals surface area contributed by atoms with Gasteiger partial charge in [-0.1, -0.05) is 27.7 Å². The Morgan fingerprint density at radius 1 is 1.16 bits per heavy atom. The Kier molecular flexibility index (Phi) is 6.77. The molecule has 1 heterocycles. The predicted molar refractivity (Wildman–Crippen MR) is 80.6 cm³/mol. The van der Waals surface area contributed by atoms with E-state index in [0.29, 0.717) is 30.7 Å². The highest BCUT2D eigenvalue weighted by Gasteiger charge is 2.28. The second-order valence-corrected chi connectivity index (χ2v) is 8.61. The van der Waals surface area contributed by atoms with Gasteiger partial charge in [-0.05, 0) is 43.7 Å². The summed E-state index contributed by atoms with van der Waals surface area (Å²) in [6.07, 6.45) is 2.12. The summed E-state index contributed by atoms with van der Waals surface area (Å²) in [4.78, 5) is 0. The van der Waals surface area contributed by atoms with Crippen molar-refractivity contribution in [2.45, 2.75) is 40.5 Å². The first-order chi connectivity index (χ1) is 8.81. The van der Waals surface area contributed by atoms with Gasteiger partial charge in [-0.3, -0.25) is 0 Å². The molecule has 0 aromatic rings. The molecule has 0 aromatic heterocycles. The molecule has 1 aliphatic heterocycles. The lowest BCUT2D eigenvalue weighted by Crippen LogP contribution is -2.42. The van der Waals surface area contributed by atoms with E-state index in [1.165, 1.54) is 0 Å². The predicted octanol–water partition coefficient (Wildman–Crippen LogP) is 1.93. The van der Waals surface area contributed by atoms with Crippen LogP contribution < -0.4 is 5.32 Å². The summed E-state index contributed by atoms with van der Waals surface area (Å²) in [6.45, 7) is 11.4. The summed E-state index contributed by atoms with van der Waals surface area (Å²) < 4.78 is 26.8. The SMILES string of the molecule is CC(C)CN(CC(C)C)S(=O)(=O)CC1CCCNC1. The van der Waals surface area contributed by atoms with Crippen molar-refractivity contribution >= 4 is 10.0 Å². The molecule has 1 saturated heterocycles. The molecule has 1 N–H and O–H groups in total. The molecular weight excluding hydrogens is 260 g/mol. The van der Waals surface area contributed by atoms with Crippen LogP contribution in [0.3, 0.4) is 0 Å². The van der Waals surface area contributed by atoms with Crippen molar-refractivity contribution in [3.8, 4) is 0 Å². The van der Waals surface area contributed by atoms with Crippen LogP contribution >= 0.6 is 0 Å². The largest absolute Gasteiger partial charge is 0.316 e. The Morgan fingerprint density at radius 2 is 1.74 bits per heavy atom.